The number of hydrogen-bond acceptors (Lipinski definition) is 4. The number of hydrogen-bond donors (Lipinski definition) is 2. The minimum Gasteiger partial charge on any atom is -0.398 e. The number of primary amides is 1. The van der Waals surface area contributed by atoms with Gasteiger partial charge in [-0.15, -0.1) is 0 Å². The standard InChI is InChI=1S/C12H19N3O2/c1-17-7-6-15(9-12(14)16)8-10-4-2-3-5-11(10)13/h2-5H,6-9,13H2,1H3,(H2,14,16). The summed E-state index contributed by atoms with van der Waals surface area (Å²) in [6.07, 6.45) is 0. The maximum Gasteiger partial charge on any atom is 0.231 e. The van der Waals surface area contributed by atoms with Crippen molar-refractivity contribution in [1.29, 1.82) is 0 Å². The van der Waals surface area contributed by atoms with E-state index in [1.807, 2.05) is 29.2 Å². The van der Waals surface area contributed by atoms with Gasteiger partial charge in [-0.05, 0) is 11.6 Å². The predicted molar refractivity (Wildman–Crippen MR) is 67.2 cm³/mol. The number of rotatable bonds is 7. The van der Waals surface area contributed by atoms with E-state index in [0.29, 0.717) is 19.7 Å². The fraction of sp³-hybridized carbons (Fsp3) is 0.417. The Hall–Kier alpha value is -1.59. The molecule has 17 heavy (non-hydrogen) atoms. The Morgan fingerprint density at radius 2 is 2.12 bits per heavy atom. The summed E-state index contributed by atoms with van der Waals surface area (Å²) in [5.74, 6) is -0.351. The lowest BCUT2D eigenvalue weighted by molar-refractivity contribution is -0.119. The van der Waals surface area contributed by atoms with Gasteiger partial charge in [0.1, 0.15) is 0 Å². The van der Waals surface area contributed by atoms with Crippen LogP contribution < -0.4 is 11.5 Å². The van der Waals surface area contributed by atoms with Gasteiger partial charge in [-0.2, -0.15) is 0 Å². The van der Waals surface area contributed by atoms with Gasteiger partial charge >= 0.3 is 0 Å². The molecule has 1 aromatic rings. The van der Waals surface area contributed by atoms with Crippen LogP contribution in [0, 0.1) is 0 Å². The molecule has 0 aromatic heterocycles. The van der Waals surface area contributed by atoms with Crippen molar-refractivity contribution in [3.05, 3.63) is 29.8 Å². The molecule has 0 atom stereocenters. The van der Waals surface area contributed by atoms with Crippen LogP contribution in [0.1, 0.15) is 5.56 Å². The number of amides is 1. The molecule has 94 valence electrons. The van der Waals surface area contributed by atoms with E-state index in [4.69, 9.17) is 16.2 Å². The summed E-state index contributed by atoms with van der Waals surface area (Å²) in [5.41, 5.74) is 12.8. The van der Waals surface area contributed by atoms with Gasteiger partial charge in [0, 0.05) is 25.9 Å². The lowest BCUT2D eigenvalue weighted by atomic mass is 10.1. The number of carbonyl (C=O) groups is 1. The SMILES string of the molecule is COCCN(CC(N)=O)Cc1ccccc1N. The lowest BCUT2D eigenvalue weighted by Crippen LogP contribution is -2.35. The van der Waals surface area contributed by atoms with Gasteiger partial charge in [-0.3, -0.25) is 9.69 Å². The number of methoxy groups -OCH3 is 1. The molecule has 5 nitrogen and oxygen atoms in total. The van der Waals surface area contributed by atoms with Crippen LogP contribution >= 0.6 is 0 Å². The molecular weight excluding hydrogens is 218 g/mol. The van der Waals surface area contributed by atoms with Crippen LogP contribution in [-0.4, -0.2) is 37.6 Å². The van der Waals surface area contributed by atoms with Gasteiger partial charge in [-0.25, -0.2) is 0 Å². The van der Waals surface area contributed by atoms with Crippen LogP contribution in [0.3, 0.4) is 0 Å². The van der Waals surface area contributed by atoms with Crippen LogP contribution in [0.4, 0.5) is 5.69 Å². The summed E-state index contributed by atoms with van der Waals surface area (Å²) in [6, 6.07) is 7.58. The van der Waals surface area contributed by atoms with Crippen LogP contribution in [-0.2, 0) is 16.1 Å². The van der Waals surface area contributed by atoms with Crippen LogP contribution in [0.25, 0.3) is 0 Å². The zero-order chi connectivity index (χ0) is 12.7. The highest BCUT2D eigenvalue weighted by Crippen LogP contribution is 2.12. The first kappa shape index (κ1) is 13.5. The minimum atomic E-state index is -0.351. The first-order valence-corrected chi connectivity index (χ1v) is 5.46. The molecule has 0 bridgehead atoms. The van der Waals surface area contributed by atoms with Crippen LogP contribution in [0.2, 0.25) is 0 Å². The molecule has 0 radical (unpaired) electrons. The summed E-state index contributed by atoms with van der Waals surface area (Å²) in [4.78, 5) is 12.9. The van der Waals surface area contributed by atoms with Crippen LogP contribution in [0.15, 0.2) is 24.3 Å². The van der Waals surface area contributed by atoms with E-state index in [1.54, 1.807) is 7.11 Å². The lowest BCUT2D eigenvalue weighted by Gasteiger charge is -2.21. The minimum absolute atomic E-state index is 0.206. The van der Waals surface area contributed by atoms with E-state index < -0.39 is 0 Å². The average Bonchev–Trinajstić information content (AvgIpc) is 2.28. The zero-order valence-electron chi connectivity index (χ0n) is 10.1. The number of anilines is 1. The molecule has 1 amide bonds. The smallest absolute Gasteiger partial charge is 0.231 e. The number of nitrogen functional groups attached to an aromatic ring is 1. The summed E-state index contributed by atoms with van der Waals surface area (Å²) in [5, 5.41) is 0. The van der Waals surface area contributed by atoms with Gasteiger partial charge in [0.2, 0.25) is 5.91 Å². The molecule has 0 saturated carbocycles. The molecule has 0 spiro atoms. The fourth-order valence-corrected chi connectivity index (χ4v) is 1.57. The van der Waals surface area contributed by atoms with Gasteiger partial charge in [0.05, 0.1) is 13.2 Å². The third-order valence-electron chi connectivity index (χ3n) is 2.44. The second-order valence-electron chi connectivity index (χ2n) is 3.87. The monoisotopic (exact) mass is 237 g/mol. The Bertz CT molecular complexity index is 369. The van der Waals surface area contributed by atoms with Crippen molar-refractivity contribution >= 4 is 11.6 Å². The number of para-hydroxylation sites is 1. The zero-order valence-corrected chi connectivity index (χ0v) is 10.1. The molecule has 0 saturated heterocycles. The Labute approximate surface area is 101 Å². The molecule has 1 aromatic carbocycles. The fourth-order valence-electron chi connectivity index (χ4n) is 1.57. The molecule has 0 unspecified atom stereocenters. The van der Waals surface area contributed by atoms with Crippen molar-refractivity contribution in [3.8, 4) is 0 Å². The summed E-state index contributed by atoms with van der Waals surface area (Å²) >= 11 is 0. The van der Waals surface area contributed by atoms with Gasteiger partial charge in [-0.1, -0.05) is 18.2 Å². The topological polar surface area (TPSA) is 81.6 Å². The normalized spacial score (nSPS) is 10.7. The van der Waals surface area contributed by atoms with Crippen molar-refractivity contribution in [3.63, 3.8) is 0 Å². The van der Waals surface area contributed by atoms with E-state index in [9.17, 15) is 4.79 Å². The number of ether oxygens (including phenoxy) is 1. The Morgan fingerprint density at radius 3 is 2.71 bits per heavy atom. The highest BCUT2D eigenvalue weighted by molar-refractivity contribution is 5.75. The molecule has 0 aliphatic heterocycles. The largest absolute Gasteiger partial charge is 0.398 e. The number of nitrogens with zero attached hydrogens (tertiary/aromatic N) is 1. The molecule has 5 heteroatoms. The molecule has 0 aliphatic carbocycles. The van der Waals surface area contributed by atoms with E-state index >= 15 is 0 Å². The number of nitrogens with two attached hydrogens (primary N) is 2. The third-order valence-corrected chi connectivity index (χ3v) is 2.44. The molecule has 0 fully saturated rings. The predicted octanol–water partition coefficient (Wildman–Crippen LogP) is 0.203. The third kappa shape index (κ3) is 4.84. The average molecular weight is 237 g/mol. The highest BCUT2D eigenvalue weighted by Gasteiger charge is 2.10. The quantitative estimate of drug-likeness (QED) is 0.664. The number of benzene rings is 1. The molecule has 1 rings (SSSR count). The Morgan fingerprint density at radius 1 is 1.41 bits per heavy atom. The van der Waals surface area contributed by atoms with Gasteiger partial charge in [0.15, 0.2) is 0 Å². The van der Waals surface area contributed by atoms with Crippen molar-refractivity contribution in [2.45, 2.75) is 6.54 Å². The summed E-state index contributed by atoms with van der Waals surface area (Å²) < 4.78 is 5.00. The van der Waals surface area contributed by atoms with Gasteiger partial charge < -0.3 is 16.2 Å². The van der Waals surface area contributed by atoms with Crippen LogP contribution in [0.5, 0.6) is 0 Å². The Balaban J connectivity index is 2.64. The van der Waals surface area contributed by atoms with Crippen molar-refractivity contribution in [2.75, 3.05) is 32.5 Å². The molecular formula is C12H19N3O2. The second-order valence-corrected chi connectivity index (χ2v) is 3.87. The van der Waals surface area contributed by atoms with E-state index in [-0.39, 0.29) is 12.5 Å². The summed E-state index contributed by atoms with van der Waals surface area (Å²) in [6.45, 7) is 2.00. The van der Waals surface area contributed by atoms with Crippen molar-refractivity contribution in [2.24, 2.45) is 5.73 Å². The first-order chi connectivity index (χ1) is 8.13. The van der Waals surface area contributed by atoms with Crippen molar-refractivity contribution < 1.29 is 9.53 Å². The molecule has 0 aliphatic rings. The van der Waals surface area contributed by atoms with E-state index in [0.717, 1.165) is 11.3 Å². The number of carbonyl (C=O) groups excluding carboxylic acids is 1. The van der Waals surface area contributed by atoms with Crippen molar-refractivity contribution in [1.82, 2.24) is 4.90 Å². The molecule has 4 N–H and O–H groups in total. The van der Waals surface area contributed by atoms with E-state index in [1.165, 1.54) is 0 Å². The Kier molecular flexibility index (Phi) is 5.45. The maximum absolute atomic E-state index is 11.0. The summed E-state index contributed by atoms with van der Waals surface area (Å²) in [7, 11) is 1.62. The highest BCUT2D eigenvalue weighted by atomic mass is 16.5. The first-order valence-electron chi connectivity index (χ1n) is 5.46. The molecule has 0 heterocycles. The second kappa shape index (κ2) is 6.88. The van der Waals surface area contributed by atoms with E-state index in [2.05, 4.69) is 0 Å². The maximum atomic E-state index is 11.0. The van der Waals surface area contributed by atoms with Gasteiger partial charge in [0.25, 0.3) is 0 Å².